The molecule has 170 valence electrons. The molecule has 0 aliphatic carbocycles. The van der Waals surface area contributed by atoms with Crippen molar-refractivity contribution in [1.82, 2.24) is 10.4 Å². The van der Waals surface area contributed by atoms with E-state index >= 15 is 0 Å². The van der Waals surface area contributed by atoms with Gasteiger partial charge in [0, 0.05) is 26.6 Å². The Bertz CT molecular complexity index is 786. The Hall–Kier alpha value is -2.17. The maximum absolute atomic E-state index is 11.2. The van der Waals surface area contributed by atoms with Crippen molar-refractivity contribution in [3.05, 3.63) is 70.8 Å². The van der Waals surface area contributed by atoms with Crippen molar-refractivity contribution in [3.8, 4) is 0 Å². The summed E-state index contributed by atoms with van der Waals surface area (Å²) in [5.74, 6) is 0.341. The van der Waals surface area contributed by atoms with Gasteiger partial charge in [-0.05, 0) is 54.4 Å². The van der Waals surface area contributed by atoms with Crippen LogP contribution in [0.15, 0.2) is 48.5 Å². The number of rotatable bonds is 13. The fraction of sp³-hybridized carbons (Fsp3) is 0.519. The Morgan fingerprint density at radius 1 is 1.03 bits per heavy atom. The van der Waals surface area contributed by atoms with Crippen LogP contribution >= 0.6 is 0 Å². The first-order valence-electron chi connectivity index (χ1n) is 11.7. The molecule has 0 spiro atoms. The Balaban J connectivity index is 2.01. The molecular weight excluding hydrogens is 384 g/mol. The van der Waals surface area contributed by atoms with Gasteiger partial charge in [-0.25, -0.2) is 5.01 Å². The number of carbonyl (C=O) groups is 1. The Labute approximate surface area is 189 Å². The average molecular weight is 425 g/mol. The molecular formula is C27H40N2O2. The Morgan fingerprint density at radius 2 is 1.71 bits per heavy atom. The second-order valence-corrected chi connectivity index (χ2v) is 8.73. The van der Waals surface area contributed by atoms with Gasteiger partial charge in [-0.3, -0.25) is 10.2 Å². The van der Waals surface area contributed by atoms with Crippen molar-refractivity contribution in [1.29, 1.82) is 0 Å². The summed E-state index contributed by atoms with van der Waals surface area (Å²) in [4.78, 5) is 11.2. The van der Waals surface area contributed by atoms with E-state index in [2.05, 4.69) is 79.7 Å². The first kappa shape index (κ1) is 25.1. The van der Waals surface area contributed by atoms with Crippen LogP contribution in [-0.4, -0.2) is 23.6 Å². The van der Waals surface area contributed by atoms with Crippen LogP contribution in [0.1, 0.15) is 82.1 Å². The van der Waals surface area contributed by atoms with Crippen LogP contribution < -0.4 is 5.43 Å². The summed E-state index contributed by atoms with van der Waals surface area (Å²) < 4.78 is 5.28. The van der Waals surface area contributed by atoms with Gasteiger partial charge in [0.25, 0.3) is 0 Å². The van der Waals surface area contributed by atoms with Gasteiger partial charge in [-0.1, -0.05) is 75.7 Å². The van der Waals surface area contributed by atoms with Crippen molar-refractivity contribution in [2.24, 2.45) is 0 Å². The molecule has 0 radical (unpaired) electrons. The first-order chi connectivity index (χ1) is 14.9. The summed E-state index contributed by atoms with van der Waals surface area (Å²) in [5, 5.41) is 2.31. The zero-order valence-electron chi connectivity index (χ0n) is 20.0. The zero-order chi connectivity index (χ0) is 22.6. The van der Waals surface area contributed by atoms with Gasteiger partial charge in [0.05, 0.1) is 6.10 Å². The number of hydrogen-bond acceptors (Lipinski definition) is 4. The molecule has 2 rings (SSSR count). The molecule has 0 amide bonds. The van der Waals surface area contributed by atoms with E-state index in [1.807, 2.05) is 6.92 Å². The highest BCUT2D eigenvalue weighted by Crippen LogP contribution is 2.16. The summed E-state index contributed by atoms with van der Waals surface area (Å²) in [7, 11) is 0. The molecule has 0 saturated carbocycles. The second-order valence-electron chi connectivity index (χ2n) is 8.73. The highest BCUT2D eigenvalue weighted by molar-refractivity contribution is 5.66. The lowest BCUT2D eigenvalue weighted by molar-refractivity contribution is -0.145. The molecule has 0 aliphatic heterocycles. The molecule has 1 atom stereocenters. The van der Waals surface area contributed by atoms with E-state index < -0.39 is 0 Å². The highest BCUT2D eigenvalue weighted by atomic mass is 16.5. The number of nitrogens with zero attached hydrogens (tertiary/aromatic N) is 1. The van der Waals surface area contributed by atoms with Gasteiger partial charge in [0.2, 0.25) is 0 Å². The largest absolute Gasteiger partial charge is 0.463 e. The molecule has 0 fully saturated rings. The van der Waals surface area contributed by atoms with Gasteiger partial charge in [0.1, 0.15) is 0 Å². The standard InChI is InChI=1S/C27H40N2O2/c1-6-10-26-12-7-8-13-27(26)20-29(18-9-11-22(4)31-23(5)30)28-19-24-14-16-25(17-15-24)21(2)3/h7-8,12-17,21-22,28H,6,9-11,18-20H2,1-5H3. The third-order valence-corrected chi connectivity index (χ3v) is 5.56. The van der Waals surface area contributed by atoms with Crippen LogP contribution in [0.2, 0.25) is 0 Å². The summed E-state index contributed by atoms with van der Waals surface area (Å²) in [6.07, 6.45) is 4.02. The molecule has 0 saturated heterocycles. The van der Waals surface area contributed by atoms with Gasteiger partial charge < -0.3 is 4.74 Å². The van der Waals surface area contributed by atoms with E-state index in [0.29, 0.717) is 5.92 Å². The summed E-state index contributed by atoms with van der Waals surface area (Å²) in [6.45, 7) is 12.7. The van der Waals surface area contributed by atoms with Gasteiger partial charge >= 0.3 is 5.97 Å². The van der Waals surface area contributed by atoms with Crippen LogP contribution in [0.5, 0.6) is 0 Å². The van der Waals surface area contributed by atoms with Crippen LogP contribution in [0.25, 0.3) is 0 Å². The minimum Gasteiger partial charge on any atom is -0.463 e. The molecule has 31 heavy (non-hydrogen) atoms. The van der Waals surface area contributed by atoms with E-state index in [1.54, 1.807) is 0 Å². The maximum atomic E-state index is 11.2. The molecule has 1 unspecified atom stereocenters. The zero-order valence-corrected chi connectivity index (χ0v) is 20.0. The summed E-state index contributed by atoms with van der Waals surface area (Å²) >= 11 is 0. The molecule has 0 bridgehead atoms. The number of nitrogens with one attached hydrogen (secondary N) is 1. The SMILES string of the molecule is CCCc1ccccc1CN(CCCC(C)OC(C)=O)NCc1ccc(C(C)C)cc1. The molecule has 4 heteroatoms. The van der Waals surface area contributed by atoms with E-state index in [4.69, 9.17) is 4.74 Å². The van der Waals surface area contributed by atoms with Crippen molar-refractivity contribution in [2.45, 2.75) is 85.4 Å². The summed E-state index contributed by atoms with van der Waals surface area (Å²) in [5.41, 5.74) is 9.09. The maximum Gasteiger partial charge on any atom is 0.302 e. The van der Waals surface area contributed by atoms with E-state index in [9.17, 15) is 4.79 Å². The number of hydrogen-bond donors (Lipinski definition) is 1. The van der Waals surface area contributed by atoms with Crippen molar-refractivity contribution in [3.63, 3.8) is 0 Å². The molecule has 0 aliphatic rings. The molecule has 2 aromatic carbocycles. The number of hydrazine groups is 1. The lowest BCUT2D eigenvalue weighted by Gasteiger charge is -2.25. The van der Waals surface area contributed by atoms with Crippen molar-refractivity contribution in [2.75, 3.05) is 6.54 Å². The Morgan fingerprint density at radius 3 is 2.32 bits per heavy atom. The number of carbonyl (C=O) groups excluding carboxylic acids is 1. The minimum atomic E-state index is -0.208. The second kappa shape index (κ2) is 13.3. The van der Waals surface area contributed by atoms with Gasteiger partial charge in [0.15, 0.2) is 0 Å². The lowest BCUT2D eigenvalue weighted by Crippen LogP contribution is -2.38. The minimum absolute atomic E-state index is 0.0460. The number of ether oxygens (including phenoxy) is 1. The highest BCUT2D eigenvalue weighted by Gasteiger charge is 2.11. The molecule has 0 heterocycles. The predicted octanol–water partition coefficient (Wildman–Crippen LogP) is 6.00. The van der Waals surface area contributed by atoms with Gasteiger partial charge in [-0.2, -0.15) is 0 Å². The van der Waals surface area contributed by atoms with E-state index in [0.717, 1.165) is 45.3 Å². The van der Waals surface area contributed by atoms with E-state index in [-0.39, 0.29) is 12.1 Å². The van der Waals surface area contributed by atoms with E-state index in [1.165, 1.54) is 29.2 Å². The average Bonchev–Trinajstić information content (AvgIpc) is 2.73. The first-order valence-corrected chi connectivity index (χ1v) is 11.7. The van der Waals surface area contributed by atoms with Crippen LogP contribution in [0.3, 0.4) is 0 Å². The number of aryl methyl sites for hydroxylation is 1. The molecule has 4 nitrogen and oxygen atoms in total. The number of benzene rings is 2. The van der Waals surface area contributed by atoms with Crippen molar-refractivity contribution >= 4 is 5.97 Å². The fourth-order valence-electron chi connectivity index (χ4n) is 3.78. The summed E-state index contributed by atoms with van der Waals surface area (Å²) in [6, 6.07) is 17.6. The molecule has 2 aromatic rings. The Kier molecular flexibility index (Phi) is 10.8. The molecule has 0 aromatic heterocycles. The number of esters is 1. The van der Waals surface area contributed by atoms with Gasteiger partial charge in [-0.15, -0.1) is 0 Å². The topological polar surface area (TPSA) is 41.6 Å². The van der Waals surface area contributed by atoms with Crippen LogP contribution in [0.4, 0.5) is 0 Å². The normalized spacial score (nSPS) is 12.4. The third-order valence-electron chi connectivity index (χ3n) is 5.56. The third kappa shape index (κ3) is 9.24. The van der Waals surface area contributed by atoms with Crippen LogP contribution in [-0.2, 0) is 29.0 Å². The quantitative estimate of drug-likeness (QED) is 0.316. The smallest absolute Gasteiger partial charge is 0.302 e. The van der Waals surface area contributed by atoms with Crippen LogP contribution in [0, 0.1) is 0 Å². The lowest BCUT2D eigenvalue weighted by atomic mass is 10.0. The monoisotopic (exact) mass is 424 g/mol. The predicted molar refractivity (Wildman–Crippen MR) is 129 cm³/mol. The van der Waals surface area contributed by atoms with Crippen molar-refractivity contribution < 1.29 is 9.53 Å². The molecule has 1 N–H and O–H groups in total. The fourth-order valence-corrected chi connectivity index (χ4v) is 3.78.